The predicted molar refractivity (Wildman–Crippen MR) is 115 cm³/mol. The molecule has 1 amide bonds. The highest BCUT2D eigenvalue weighted by Gasteiger charge is 2.24. The van der Waals surface area contributed by atoms with E-state index < -0.39 is 10.0 Å². The summed E-state index contributed by atoms with van der Waals surface area (Å²) in [6.07, 6.45) is 1.31. The first-order chi connectivity index (χ1) is 13.8. The van der Waals surface area contributed by atoms with E-state index in [4.69, 9.17) is 0 Å². The van der Waals surface area contributed by atoms with Crippen LogP contribution in [0.4, 0.5) is 11.4 Å². The van der Waals surface area contributed by atoms with Gasteiger partial charge in [-0.25, -0.2) is 8.42 Å². The second-order valence-electron chi connectivity index (χ2n) is 7.00. The highest BCUT2D eigenvalue weighted by atomic mass is 32.2. The summed E-state index contributed by atoms with van der Waals surface area (Å²) >= 11 is 1.03. The Balaban J connectivity index is 1.68. The fourth-order valence-corrected chi connectivity index (χ4v) is 5.74. The molecule has 3 aromatic rings. The fraction of sp³-hybridized carbons (Fsp3) is 0.300. The van der Waals surface area contributed by atoms with E-state index >= 15 is 0 Å². The molecule has 1 aromatic heterocycles. The van der Waals surface area contributed by atoms with Crippen LogP contribution >= 0.6 is 11.3 Å². The number of aromatic nitrogens is 1. The van der Waals surface area contributed by atoms with Crippen molar-refractivity contribution in [2.24, 2.45) is 0 Å². The first kappa shape index (κ1) is 19.7. The topological polar surface area (TPSA) is 88.5 Å². The van der Waals surface area contributed by atoms with Crippen LogP contribution in [0.1, 0.15) is 25.3 Å². The third-order valence-corrected chi connectivity index (χ3v) is 7.41. The van der Waals surface area contributed by atoms with Crippen molar-refractivity contribution < 1.29 is 13.2 Å². The van der Waals surface area contributed by atoms with E-state index in [-0.39, 0.29) is 15.7 Å². The number of carbonyl (C=O) groups is 1. The van der Waals surface area contributed by atoms with E-state index in [1.165, 1.54) is 12.1 Å². The molecule has 1 aliphatic rings. The molecule has 0 bridgehead atoms. The van der Waals surface area contributed by atoms with Gasteiger partial charge in [0.15, 0.2) is 0 Å². The first-order valence-electron chi connectivity index (χ1n) is 9.37. The standard InChI is InChI=1S/C20H21N3O4S2/c1-3-22-16-9-8-15(12-18(16)28-20(22)25)29(26,27)21-14-7-6-13(2)17(11-14)23-10-4-5-19(23)24/h6-9,11-12,21H,3-5,10H2,1-2H3. The maximum absolute atomic E-state index is 12.9. The van der Waals surface area contributed by atoms with E-state index in [1.807, 2.05) is 13.8 Å². The van der Waals surface area contributed by atoms with Gasteiger partial charge in [0.1, 0.15) is 0 Å². The van der Waals surface area contributed by atoms with Gasteiger partial charge in [-0.2, -0.15) is 0 Å². The summed E-state index contributed by atoms with van der Waals surface area (Å²) in [5.74, 6) is 0.0499. The lowest BCUT2D eigenvalue weighted by Gasteiger charge is -2.19. The maximum atomic E-state index is 12.9. The summed E-state index contributed by atoms with van der Waals surface area (Å²) in [6, 6.07) is 9.86. The van der Waals surface area contributed by atoms with Gasteiger partial charge in [-0.05, 0) is 56.2 Å². The molecule has 0 atom stereocenters. The van der Waals surface area contributed by atoms with Gasteiger partial charge in [0, 0.05) is 25.2 Å². The SMILES string of the molecule is CCn1c(=O)sc2cc(S(=O)(=O)Nc3ccc(C)c(N4CCCC4=O)c3)ccc21. The molecule has 1 N–H and O–H groups in total. The Morgan fingerprint density at radius 3 is 2.62 bits per heavy atom. The molecule has 0 aliphatic carbocycles. The van der Waals surface area contributed by atoms with Gasteiger partial charge in [0.25, 0.3) is 10.0 Å². The van der Waals surface area contributed by atoms with Crippen LogP contribution < -0.4 is 14.5 Å². The average molecular weight is 432 g/mol. The lowest BCUT2D eigenvalue weighted by molar-refractivity contribution is -0.117. The van der Waals surface area contributed by atoms with Crippen molar-refractivity contribution in [1.29, 1.82) is 0 Å². The van der Waals surface area contributed by atoms with Crippen LogP contribution in [0.5, 0.6) is 0 Å². The molecule has 2 heterocycles. The van der Waals surface area contributed by atoms with Crippen LogP contribution in [0.3, 0.4) is 0 Å². The van der Waals surface area contributed by atoms with Gasteiger partial charge in [-0.1, -0.05) is 17.4 Å². The zero-order valence-corrected chi connectivity index (χ0v) is 17.8. The van der Waals surface area contributed by atoms with E-state index in [1.54, 1.807) is 33.7 Å². The zero-order valence-electron chi connectivity index (χ0n) is 16.1. The van der Waals surface area contributed by atoms with Crippen molar-refractivity contribution in [2.45, 2.75) is 38.1 Å². The molecule has 152 valence electrons. The van der Waals surface area contributed by atoms with Crippen molar-refractivity contribution in [3.05, 3.63) is 51.6 Å². The minimum atomic E-state index is -3.84. The molecule has 7 nitrogen and oxygen atoms in total. The van der Waals surface area contributed by atoms with Gasteiger partial charge < -0.3 is 4.90 Å². The Hall–Kier alpha value is -2.65. The molecule has 0 spiro atoms. The van der Waals surface area contributed by atoms with Crippen molar-refractivity contribution in [2.75, 3.05) is 16.2 Å². The van der Waals surface area contributed by atoms with Gasteiger partial charge in [-0.15, -0.1) is 0 Å². The Labute approximate surface area is 172 Å². The van der Waals surface area contributed by atoms with Crippen molar-refractivity contribution in [1.82, 2.24) is 4.57 Å². The first-order valence-corrected chi connectivity index (χ1v) is 11.7. The van der Waals surface area contributed by atoms with Crippen LogP contribution in [0, 0.1) is 6.92 Å². The molecule has 9 heteroatoms. The number of aryl methyl sites for hydroxylation is 2. The smallest absolute Gasteiger partial charge is 0.308 e. The summed E-state index contributed by atoms with van der Waals surface area (Å²) in [5, 5.41) is 0. The average Bonchev–Trinajstić information content (AvgIpc) is 3.24. The Bertz CT molecular complexity index is 1270. The highest BCUT2D eigenvalue weighted by Crippen LogP contribution is 2.30. The molecule has 4 rings (SSSR count). The molecule has 0 radical (unpaired) electrons. The van der Waals surface area contributed by atoms with E-state index in [0.717, 1.165) is 34.5 Å². The zero-order chi connectivity index (χ0) is 20.8. The third-order valence-electron chi connectivity index (χ3n) is 5.09. The van der Waals surface area contributed by atoms with Crippen LogP contribution in [0.2, 0.25) is 0 Å². The van der Waals surface area contributed by atoms with Crippen molar-refractivity contribution in [3.63, 3.8) is 0 Å². The Morgan fingerprint density at radius 2 is 1.93 bits per heavy atom. The number of rotatable bonds is 5. The van der Waals surface area contributed by atoms with Crippen molar-refractivity contribution in [3.8, 4) is 0 Å². The van der Waals surface area contributed by atoms with Crippen LogP contribution in [0.25, 0.3) is 10.2 Å². The minimum Gasteiger partial charge on any atom is -0.312 e. The number of hydrogen-bond donors (Lipinski definition) is 1. The number of thiazole rings is 1. The number of nitrogens with one attached hydrogen (secondary N) is 1. The quantitative estimate of drug-likeness (QED) is 0.671. The van der Waals surface area contributed by atoms with Crippen molar-refractivity contribution >= 4 is 48.9 Å². The lowest BCUT2D eigenvalue weighted by Crippen LogP contribution is -2.24. The lowest BCUT2D eigenvalue weighted by atomic mass is 10.1. The summed E-state index contributed by atoms with van der Waals surface area (Å²) in [7, 11) is -3.84. The second-order valence-corrected chi connectivity index (χ2v) is 9.67. The normalized spacial score (nSPS) is 14.7. The largest absolute Gasteiger partial charge is 0.312 e. The van der Waals surface area contributed by atoms with E-state index in [9.17, 15) is 18.0 Å². The maximum Gasteiger partial charge on any atom is 0.308 e. The highest BCUT2D eigenvalue weighted by molar-refractivity contribution is 7.92. The minimum absolute atomic E-state index is 0.0499. The van der Waals surface area contributed by atoms with Gasteiger partial charge in [0.05, 0.1) is 20.8 Å². The van der Waals surface area contributed by atoms with Crippen LogP contribution in [-0.2, 0) is 21.4 Å². The number of hydrogen-bond acceptors (Lipinski definition) is 5. The number of carbonyl (C=O) groups excluding carboxylic acids is 1. The summed E-state index contributed by atoms with van der Waals surface area (Å²) in [5.41, 5.74) is 2.76. The summed E-state index contributed by atoms with van der Waals surface area (Å²) in [4.78, 5) is 25.8. The molecule has 2 aromatic carbocycles. The number of anilines is 2. The number of fused-ring (bicyclic) bond motifs is 1. The number of sulfonamides is 1. The number of benzene rings is 2. The summed E-state index contributed by atoms with van der Waals surface area (Å²) in [6.45, 7) is 4.94. The molecule has 0 saturated carbocycles. The summed E-state index contributed by atoms with van der Waals surface area (Å²) < 4.78 is 30.7. The predicted octanol–water partition coefficient (Wildman–Crippen LogP) is 3.32. The molecule has 29 heavy (non-hydrogen) atoms. The monoisotopic (exact) mass is 431 g/mol. The third kappa shape index (κ3) is 3.56. The Morgan fingerprint density at radius 1 is 1.14 bits per heavy atom. The number of nitrogens with zero attached hydrogens (tertiary/aromatic N) is 2. The fourth-order valence-electron chi connectivity index (χ4n) is 3.59. The van der Waals surface area contributed by atoms with E-state index in [0.29, 0.717) is 29.9 Å². The molecule has 1 fully saturated rings. The molecular formula is C20H21N3O4S2. The molecule has 1 aliphatic heterocycles. The van der Waals surface area contributed by atoms with Gasteiger partial charge in [-0.3, -0.25) is 18.9 Å². The molecular weight excluding hydrogens is 410 g/mol. The van der Waals surface area contributed by atoms with Crippen LogP contribution in [0.15, 0.2) is 46.1 Å². The van der Waals surface area contributed by atoms with E-state index in [2.05, 4.69) is 4.72 Å². The Kier molecular flexibility index (Phi) is 4.95. The second kappa shape index (κ2) is 7.31. The van der Waals surface area contributed by atoms with Crippen LogP contribution in [-0.4, -0.2) is 25.4 Å². The molecule has 0 unspecified atom stereocenters. The molecule has 1 saturated heterocycles. The number of amides is 1. The van der Waals surface area contributed by atoms with Gasteiger partial charge >= 0.3 is 4.87 Å². The van der Waals surface area contributed by atoms with Gasteiger partial charge in [0.2, 0.25) is 5.91 Å².